The fourth-order valence-electron chi connectivity index (χ4n) is 3.06. The number of hydrogen-bond donors (Lipinski definition) is 2. The number of anilines is 1. The Hall–Kier alpha value is -2.45. The van der Waals surface area contributed by atoms with Crippen molar-refractivity contribution in [2.75, 3.05) is 5.32 Å². The molecule has 1 aliphatic carbocycles. The molecular formula is C17H16ClN3O4S. The minimum Gasteiger partial charge on any atom is -0.365 e. The summed E-state index contributed by atoms with van der Waals surface area (Å²) < 4.78 is 0. The van der Waals surface area contributed by atoms with Gasteiger partial charge in [-0.15, -0.1) is 11.3 Å². The molecule has 26 heavy (non-hydrogen) atoms. The summed E-state index contributed by atoms with van der Waals surface area (Å²) in [5, 5.41) is 14.1. The number of thiophene rings is 1. The van der Waals surface area contributed by atoms with Crippen molar-refractivity contribution >= 4 is 45.4 Å². The molecule has 0 unspecified atom stereocenters. The summed E-state index contributed by atoms with van der Waals surface area (Å²) in [6.07, 6.45) is 4.67. The number of nitro groups is 1. The average Bonchev–Trinajstić information content (AvgIpc) is 2.76. The summed E-state index contributed by atoms with van der Waals surface area (Å²) in [4.78, 5) is 35.9. The number of carbonyl (C=O) groups excluding carboxylic acids is 2. The zero-order chi connectivity index (χ0) is 18.8. The van der Waals surface area contributed by atoms with Gasteiger partial charge in [-0.25, -0.2) is 0 Å². The van der Waals surface area contributed by atoms with Crippen molar-refractivity contribution < 1.29 is 14.5 Å². The second-order valence-electron chi connectivity index (χ2n) is 6.01. The molecule has 1 aromatic carbocycles. The Bertz CT molecular complexity index is 910. The van der Waals surface area contributed by atoms with E-state index in [1.54, 1.807) is 0 Å². The van der Waals surface area contributed by atoms with E-state index in [4.69, 9.17) is 17.3 Å². The number of primary amides is 1. The maximum absolute atomic E-state index is 12.6. The fourth-order valence-corrected chi connectivity index (χ4v) is 4.56. The van der Waals surface area contributed by atoms with Gasteiger partial charge in [-0.2, -0.15) is 0 Å². The third kappa shape index (κ3) is 3.56. The fraction of sp³-hybridized carbons (Fsp3) is 0.294. The van der Waals surface area contributed by atoms with Gasteiger partial charge >= 0.3 is 0 Å². The first kappa shape index (κ1) is 18.3. The highest BCUT2D eigenvalue weighted by molar-refractivity contribution is 7.17. The summed E-state index contributed by atoms with van der Waals surface area (Å²) in [6, 6.07) is 3.63. The number of nitro benzene ring substituents is 1. The lowest BCUT2D eigenvalue weighted by atomic mass is 10.1. The summed E-state index contributed by atoms with van der Waals surface area (Å²) in [7, 11) is 0. The van der Waals surface area contributed by atoms with Crippen LogP contribution in [-0.2, 0) is 12.8 Å². The van der Waals surface area contributed by atoms with Crippen LogP contribution in [0.3, 0.4) is 0 Å². The molecule has 7 nitrogen and oxygen atoms in total. The van der Waals surface area contributed by atoms with E-state index in [-0.39, 0.29) is 16.3 Å². The van der Waals surface area contributed by atoms with E-state index in [1.807, 2.05) is 0 Å². The van der Waals surface area contributed by atoms with Gasteiger partial charge in [0.2, 0.25) is 0 Å². The van der Waals surface area contributed by atoms with Crippen LogP contribution in [0.25, 0.3) is 0 Å². The van der Waals surface area contributed by atoms with Crippen LogP contribution in [0.2, 0.25) is 5.02 Å². The largest absolute Gasteiger partial charge is 0.365 e. The van der Waals surface area contributed by atoms with E-state index in [0.717, 1.165) is 48.6 Å². The average molecular weight is 394 g/mol. The van der Waals surface area contributed by atoms with Crippen molar-refractivity contribution in [3.05, 3.63) is 54.9 Å². The highest BCUT2D eigenvalue weighted by Gasteiger charge is 2.25. The summed E-state index contributed by atoms with van der Waals surface area (Å²) in [5.41, 5.74) is 6.51. The van der Waals surface area contributed by atoms with Gasteiger partial charge in [0.15, 0.2) is 0 Å². The topological polar surface area (TPSA) is 115 Å². The molecule has 2 amide bonds. The molecule has 0 saturated heterocycles. The van der Waals surface area contributed by atoms with Crippen LogP contribution in [0.15, 0.2) is 18.2 Å². The summed E-state index contributed by atoms with van der Waals surface area (Å²) in [6.45, 7) is 0. The van der Waals surface area contributed by atoms with Gasteiger partial charge in [-0.1, -0.05) is 18.0 Å². The van der Waals surface area contributed by atoms with Crippen molar-refractivity contribution in [2.24, 2.45) is 5.73 Å². The van der Waals surface area contributed by atoms with Crippen molar-refractivity contribution in [3.63, 3.8) is 0 Å². The second-order valence-corrected chi connectivity index (χ2v) is 7.52. The number of nitrogens with zero attached hydrogens (tertiary/aromatic N) is 1. The molecule has 3 rings (SSSR count). The second kappa shape index (κ2) is 7.43. The Balaban J connectivity index is 1.96. The Labute approximate surface area is 158 Å². The monoisotopic (exact) mass is 393 g/mol. The molecule has 1 aliphatic rings. The zero-order valence-electron chi connectivity index (χ0n) is 13.7. The molecule has 9 heteroatoms. The van der Waals surface area contributed by atoms with Crippen molar-refractivity contribution in [2.45, 2.75) is 32.1 Å². The smallest absolute Gasteiger partial charge is 0.270 e. The lowest BCUT2D eigenvalue weighted by molar-refractivity contribution is -0.384. The van der Waals surface area contributed by atoms with Crippen LogP contribution in [-0.4, -0.2) is 16.7 Å². The van der Waals surface area contributed by atoms with Crippen LogP contribution in [0.4, 0.5) is 10.7 Å². The first-order chi connectivity index (χ1) is 12.4. The lowest BCUT2D eigenvalue weighted by Crippen LogP contribution is -2.18. The molecule has 136 valence electrons. The van der Waals surface area contributed by atoms with Gasteiger partial charge in [-0.05, 0) is 37.3 Å². The molecule has 0 saturated carbocycles. The molecule has 0 fully saturated rings. The Morgan fingerprint density at radius 1 is 1.23 bits per heavy atom. The third-order valence-electron chi connectivity index (χ3n) is 4.30. The number of hydrogen-bond acceptors (Lipinski definition) is 5. The molecule has 0 bridgehead atoms. The van der Waals surface area contributed by atoms with Crippen LogP contribution >= 0.6 is 22.9 Å². The molecule has 0 aliphatic heterocycles. The molecule has 0 radical (unpaired) electrons. The minimum absolute atomic E-state index is 0.0279. The van der Waals surface area contributed by atoms with E-state index >= 15 is 0 Å². The number of benzene rings is 1. The first-order valence-electron chi connectivity index (χ1n) is 8.08. The Kier molecular flexibility index (Phi) is 5.24. The molecule has 2 aromatic rings. The maximum Gasteiger partial charge on any atom is 0.270 e. The normalized spacial score (nSPS) is 13.6. The molecule has 3 N–H and O–H groups in total. The lowest BCUT2D eigenvalue weighted by Gasteiger charge is -2.07. The van der Waals surface area contributed by atoms with Crippen molar-refractivity contribution in [3.8, 4) is 0 Å². The van der Waals surface area contributed by atoms with Gasteiger partial charge in [0.25, 0.3) is 17.5 Å². The van der Waals surface area contributed by atoms with Gasteiger partial charge in [-0.3, -0.25) is 19.7 Å². The number of fused-ring (bicyclic) bond motifs is 1. The SMILES string of the molecule is NC(=O)c1c(NC(=O)c2cc([N+](=O)[O-])ccc2Cl)sc2c1CCCCC2. The molecular weight excluding hydrogens is 378 g/mol. The van der Waals surface area contributed by atoms with E-state index in [1.165, 1.54) is 23.5 Å². The zero-order valence-corrected chi connectivity index (χ0v) is 15.3. The maximum atomic E-state index is 12.6. The van der Waals surface area contributed by atoms with Crippen LogP contribution in [0.1, 0.15) is 50.4 Å². The van der Waals surface area contributed by atoms with Gasteiger partial charge < -0.3 is 11.1 Å². The number of amides is 2. The van der Waals surface area contributed by atoms with E-state index in [9.17, 15) is 19.7 Å². The molecule has 0 spiro atoms. The number of rotatable bonds is 4. The number of nitrogens with one attached hydrogen (secondary N) is 1. The quantitative estimate of drug-likeness (QED) is 0.465. The number of halogens is 1. The molecule has 1 heterocycles. The van der Waals surface area contributed by atoms with E-state index < -0.39 is 16.7 Å². The van der Waals surface area contributed by atoms with Crippen molar-refractivity contribution in [1.82, 2.24) is 0 Å². The highest BCUT2D eigenvalue weighted by atomic mass is 35.5. The highest BCUT2D eigenvalue weighted by Crippen LogP contribution is 2.37. The predicted molar refractivity (Wildman–Crippen MR) is 100 cm³/mol. The van der Waals surface area contributed by atoms with E-state index in [2.05, 4.69) is 5.32 Å². The number of aryl methyl sites for hydroxylation is 1. The standard InChI is InChI=1S/C17H16ClN3O4S/c18-12-7-6-9(21(24)25)8-11(12)16(23)20-17-14(15(19)22)10-4-2-1-3-5-13(10)26-17/h6-8H,1-5H2,(H2,19,22)(H,20,23). The number of carbonyl (C=O) groups is 2. The van der Waals surface area contributed by atoms with Gasteiger partial charge in [0.1, 0.15) is 5.00 Å². The molecule has 1 aromatic heterocycles. The van der Waals surface area contributed by atoms with Crippen LogP contribution < -0.4 is 11.1 Å². The Morgan fingerprint density at radius 3 is 2.65 bits per heavy atom. The first-order valence-corrected chi connectivity index (χ1v) is 9.27. The van der Waals surface area contributed by atoms with E-state index in [0.29, 0.717) is 10.6 Å². The Morgan fingerprint density at radius 2 is 1.96 bits per heavy atom. The summed E-state index contributed by atoms with van der Waals surface area (Å²) in [5.74, 6) is -1.21. The van der Waals surface area contributed by atoms with Crippen molar-refractivity contribution in [1.29, 1.82) is 0 Å². The molecule has 0 atom stereocenters. The van der Waals surface area contributed by atoms with Crippen LogP contribution in [0.5, 0.6) is 0 Å². The van der Waals surface area contributed by atoms with Crippen LogP contribution in [0, 0.1) is 10.1 Å². The summed E-state index contributed by atoms with van der Waals surface area (Å²) >= 11 is 7.35. The number of nitrogens with two attached hydrogens (primary N) is 1. The number of non-ortho nitro benzene ring substituents is 1. The predicted octanol–water partition coefficient (Wildman–Crippen LogP) is 3.93. The van der Waals surface area contributed by atoms with Gasteiger partial charge in [0.05, 0.1) is 21.1 Å². The third-order valence-corrected chi connectivity index (χ3v) is 5.84. The van der Waals surface area contributed by atoms with Gasteiger partial charge in [0, 0.05) is 17.0 Å². The minimum atomic E-state index is -0.613.